The fraction of sp³-hybridized carbons (Fsp3) is 0.160. The van der Waals surface area contributed by atoms with Crippen molar-refractivity contribution >= 4 is 52.2 Å². The smallest absolute Gasteiger partial charge is 0.294 e. The number of hydrogen-bond acceptors (Lipinski definition) is 7. The van der Waals surface area contributed by atoms with Crippen LogP contribution in [0.4, 0.5) is 10.5 Å². The van der Waals surface area contributed by atoms with Crippen LogP contribution in [0.25, 0.3) is 17.4 Å². The number of rotatable bonds is 5. The molecule has 3 heterocycles. The van der Waals surface area contributed by atoms with Crippen molar-refractivity contribution in [1.29, 1.82) is 0 Å². The van der Waals surface area contributed by atoms with Crippen molar-refractivity contribution in [2.75, 3.05) is 13.1 Å². The third-order valence-electron chi connectivity index (χ3n) is 5.98. The molecule has 2 aliphatic heterocycles. The minimum Gasteiger partial charge on any atom is -0.457 e. The first kappa shape index (κ1) is 23.8. The number of nitrogens with zero attached hydrogens (tertiary/aromatic N) is 3. The number of non-ortho nitro benzene ring substituents is 1. The van der Waals surface area contributed by atoms with E-state index in [9.17, 15) is 24.5 Å². The SMILES string of the molecule is O=C(CN1C(=O)S/C(=C\c2ccc(-c3ccc([N+](=O)[O-])cc3Cl)o2)C1=O)N1CCc2ccccc2C1. The number of thioether (sulfide) groups is 1. The van der Waals surface area contributed by atoms with E-state index in [0.717, 1.165) is 28.6 Å². The van der Waals surface area contributed by atoms with Gasteiger partial charge in [0.25, 0.3) is 16.8 Å². The Morgan fingerprint density at radius 2 is 1.92 bits per heavy atom. The minimum atomic E-state index is -0.568. The summed E-state index contributed by atoms with van der Waals surface area (Å²) in [7, 11) is 0. The van der Waals surface area contributed by atoms with E-state index in [0.29, 0.717) is 30.2 Å². The Morgan fingerprint density at radius 3 is 2.67 bits per heavy atom. The Balaban J connectivity index is 1.28. The Kier molecular flexibility index (Phi) is 6.38. The molecule has 0 bridgehead atoms. The summed E-state index contributed by atoms with van der Waals surface area (Å²) < 4.78 is 5.74. The zero-order chi connectivity index (χ0) is 25.4. The second kappa shape index (κ2) is 9.63. The molecule has 0 spiro atoms. The highest BCUT2D eigenvalue weighted by Gasteiger charge is 2.37. The molecule has 0 atom stereocenters. The monoisotopic (exact) mass is 523 g/mol. The average Bonchev–Trinajstić information content (AvgIpc) is 3.43. The molecular formula is C25H18ClN3O6S. The van der Waals surface area contributed by atoms with E-state index >= 15 is 0 Å². The predicted molar refractivity (Wildman–Crippen MR) is 134 cm³/mol. The predicted octanol–water partition coefficient (Wildman–Crippen LogP) is 5.13. The molecule has 36 heavy (non-hydrogen) atoms. The average molecular weight is 524 g/mol. The topological polar surface area (TPSA) is 114 Å². The van der Waals surface area contributed by atoms with Gasteiger partial charge in [-0.2, -0.15) is 0 Å². The molecule has 5 rings (SSSR count). The van der Waals surface area contributed by atoms with Crippen LogP contribution in [0.2, 0.25) is 5.02 Å². The van der Waals surface area contributed by atoms with Gasteiger partial charge >= 0.3 is 0 Å². The maximum Gasteiger partial charge on any atom is 0.294 e. The molecule has 1 aromatic heterocycles. The molecule has 11 heteroatoms. The maximum absolute atomic E-state index is 12.9. The van der Waals surface area contributed by atoms with Crippen LogP contribution in [0.5, 0.6) is 0 Å². The van der Waals surface area contributed by atoms with Crippen LogP contribution in [-0.4, -0.2) is 44.9 Å². The van der Waals surface area contributed by atoms with E-state index < -0.39 is 16.1 Å². The van der Waals surface area contributed by atoms with Gasteiger partial charge in [0.2, 0.25) is 5.91 Å². The summed E-state index contributed by atoms with van der Waals surface area (Å²) in [6, 6.07) is 15.1. The number of furan rings is 1. The van der Waals surface area contributed by atoms with Crippen LogP contribution >= 0.6 is 23.4 Å². The lowest BCUT2D eigenvalue weighted by Crippen LogP contribution is -2.44. The van der Waals surface area contributed by atoms with Gasteiger partial charge in [0, 0.05) is 36.9 Å². The number of benzene rings is 2. The van der Waals surface area contributed by atoms with E-state index in [1.807, 2.05) is 24.3 Å². The van der Waals surface area contributed by atoms with Gasteiger partial charge < -0.3 is 9.32 Å². The second-order valence-corrected chi connectivity index (χ2v) is 9.63. The summed E-state index contributed by atoms with van der Waals surface area (Å²) in [5.41, 5.74) is 2.56. The molecule has 0 radical (unpaired) electrons. The molecule has 1 fully saturated rings. The summed E-state index contributed by atoms with van der Waals surface area (Å²) in [6.45, 7) is 0.649. The number of hydrogen-bond donors (Lipinski definition) is 0. The van der Waals surface area contributed by atoms with Crippen LogP contribution < -0.4 is 0 Å². The number of nitro benzene ring substituents is 1. The zero-order valence-corrected chi connectivity index (χ0v) is 20.3. The molecule has 2 aromatic carbocycles. The van der Waals surface area contributed by atoms with Gasteiger partial charge in [-0.3, -0.25) is 29.4 Å². The van der Waals surface area contributed by atoms with Crippen molar-refractivity contribution < 1.29 is 23.7 Å². The van der Waals surface area contributed by atoms with Crippen LogP contribution in [0.1, 0.15) is 16.9 Å². The van der Waals surface area contributed by atoms with Crippen molar-refractivity contribution in [1.82, 2.24) is 9.80 Å². The van der Waals surface area contributed by atoms with Gasteiger partial charge in [-0.05, 0) is 47.5 Å². The Labute approximate surface area is 214 Å². The highest BCUT2D eigenvalue weighted by Crippen LogP contribution is 2.35. The summed E-state index contributed by atoms with van der Waals surface area (Å²) in [5, 5.41) is 10.5. The number of carbonyl (C=O) groups is 3. The molecule has 9 nitrogen and oxygen atoms in total. The van der Waals surface area contributed by atoms with Crippen molar-refractivity contribution in [2.24, 2.45) is 0 Å². The maximum atomic E-state index is 12.9. The molecule has 182 valence electrons. The lowest BCUT2D eigenvalue weighted by Gasteiger charge is -2.29. The first-order chi connectivity index (χ1) is 17.3. The quantitative estimate of drug-likeness (QED) is 0.259. The summed E-state index contributed by atoms with van der Waals surface area (Å²) in [5.74, 6) is -0.215. The van der Waals surface area contributed by atoms with Gasteiger partial charge in [-0.1, -0.05) is 35.9 Å². The first-order valence-electron chi connectivity index (χ1n) is 10.9. The van der Waals surface area contributed by atoms with E-state index in [2.05, 4.69) is 0 Å². The highest BCUT2D eigenvalue weighted by atomic mass is 35.5. The van der Waals surface area contributed by atoms with Crippen molar-refractivity contribution in [3.05, 3.63) is 91.5 Å². The number of fused-ring (bicyclic) bond motifs is 1. The lowest BCUT2D eigenvalue weighted by atomic mass is 10.00. The standard InChI is InChI=1S/C25H18ClN3O6S/c26-20-11-17(29(33)34)5-7-19(20)21-8-6-18(35-21)12-22-24(31)28(25(32)36-22)14-23(30)27-10-9-15-3-1-2-4-16(15)13-27/h1-8,11-12H,9-10,13-14H2/b22-12-. The number of amides is 3. The van der Waals surface area contributed by atoms with E-state index in [4.69, 9.17) is 16.0 Å². The molecule has 0 unspecified atom stereocenters. The number of carbonyl (C=O) groups excluding carboxylic acids is 3. The molecule has 0 saturated carbocycles. The van der Waals surface area contributed by atoms with E-state index in [1.54, 1.807) is 17.0 Å². The lowest BCUT2D eigenvalue weighted by molar-refractivity contribution is -0.384. The molecule has 3 aromatic rings. The van der Waals surface area contributed by atoms with Crippen LogP contribution in [0.3, 0.4) is 0 Å². The Morgan fingerprint density at radius 1 is 1.14 bits per heavy atom. The molecule has 1 saturated heterocycles. The van der Waals surface area contributed by atoms with Crippen molar-refractivity contribution in [3.8, 4) is 11.3 Å². The fourth-order valence-electron chi connectivity index (χ4n) is 4.10. The largest absolute Gasteiger partial charge is 0.457 e. The third-order valence-corrected chi connectivity index (χ3v) is 7.20. The highest BCUT2D eigenvalue weighted by molar-refractivity contribution is 8.18. The van der Waals surface area contributed by atoms with Gasteiger partial charge in [0.05, 0.1) is 14.9 Å². The van der Waals surface area contributed by atoms with Gasteiger partial charge in [0.15, 0.2) is 0 Å². The first-order valence-corrected chi connectivity index (χ1v) is 12.1. The van der Waals surface area contributed by atoms with E-state index in [-0.39, 0.29) is 28.1 Å². The van der Waals surface area contributed by atoms with Crippen LogP contribution in [0, 0.1) is 10.1 Å². The minimum absolute atomic E-state index is 0.132. The van der Waals surface area contributed by atoms with Crippen LogP contribution in [0.15, 0.2) is 63.9 Å². The molecule has 3 amide bonds. The van der Waals surface area contributed by atoms with Gasteiger partial charge in [-0.25, -0.2) is 0 Å². The van der Waals surface area contributed by atoms with Gasteiger partial charge in [-0.15, -0.1) is 0 Å². The van der Waals surface area contributed by atoms with Crippen LogP contribution in [-0.2, 0) is 22.6 Å². The number of halogens is 1. The third kappa shape index (κ3) is 4.65. The molecule has 2 aliphatic rings. The Bertz CT molecular complexity index is 1450. The summed E-state index contributed by atoms with van der Waals surface area (Å²) >= 11 is 6.90. The number of imide groups is 1. The second-order valence-electron chi connectivity index (χ2n) is 8.23. The number of nitro groups is 1. The van der Waals surface area contributed by atoms with Crippen molar-refractivity contribution in [3.63, 3.8) is 0 Å². The summed E-state index contributed by atoms with van der Waals surface area (Å²) in [6.07, 6.45) is 2.15. The van der Waals surface area contributed by atoms with Crippen molar-refractivity contribution in [2.45, 2.75) is 13.0 Å². The molecule has 0 N–H and O–H groups in total. The normalized spacial score (nSPS) is 16.5. The van der Waals surface area contributed by atoms with E-state index in [1.165, 1.54) is 29.8 Å². The fourth-order valence-corrected chi connectivity index (χ4v) is 5.19. The molecular weight excluding hydrogens is 506 g/mol. The van der Waals surface area contributed by atoms with Gasteiger partial charge in [0.1, 0.15) is 18.1 Å². The summed E-state index contributed by atoms with van der Waals surface area (Å²) in [4.78, 5) is 51.4. The molecule has 0 aliphatic carbocycles. The Hall–Kier alpha value is -3.89. The zero-order valence-electron chi connectivity index (χ0n) is 18.7.